The first kappa shape index (κ1) is 22.0. The van der Waals surface area contributed by atoms with Crippen molar-refractivity contribution < 1.29 is 14.3 Å². The van der Waals surface area contributed by atoms with Gasteiger partial charge in [0.25, 0.3) is 0 Å². The maximum Gasteiger partial charge on any atom is 0.310 e. The Morgan fingerprint density at radius 1 is 1.04 bits per heavy atom. The van der Waals surface area contributed by atoms with Crippen LogP contribution in [-0.2, 0) is 14.3 Å². The second-order valence-corrected chi connectivity index (χ2v) is 7.78. The van der Waals surface area contributed by atoms with Crippen LogP contribution >= 0.6 is 0 Å². The van der Waals surface area contributed by atoms with Gasteiger partial charge in [-0.1, -0.05) is 52.9 Å². The number of nitrogens with zero attached hydrogens (tertiary/aromatic N) is 1. The molecule has 1 aliphatic rings. The molecule has 1 rings (SSSR count). The van der Waals surface area contributed by atoms with Gasteiger partial charge in [0.2, 0.25) is 5.91 Å². The minimum absolute atomic E-state index is 0.157. The number of hydrogen-bond donors (Lipinski definition) is 0. The number of methoxy groups -OCH3 is 1. The highest BCUT2D eigenvalue weighted by atomic mass is 16.5. The van der Waals surface area contributed by atoms with Crippen LogP contribution in [0.1, 0.15) is 85.0 Å². The molecule has 0 spiro atoms. The minimum atomic E-state index is -0.253. The van der Waals surface area contributed by atoms with E-state index in [0.717, 1.165) is 44.6 Å². The van der Waals surface area contributed by atoms with E-state index < -0.39 is 0 Å². The quantitative estimate of drug-likeness (QED) is 0.395. The van der Waals surface area contributed by atoms with Crippen LogP contribution in [0.3, 0.4) is 0 Å². The fourth-order valence-corrected chi connectivity index (χ4v) is 3.90. The van der Waals surface area contributed by atoms with Crippen molar-refractivity contribution in [3.05, 3.63) is 0 Å². The molecule has 4 heteroatoms. The van der Waals surface area contributed by atoms with Crippen molar-refractivity contribution in [1.82, 2.24) is 4.90 Å². The topological polar surface area (TPSA) is 46.6 Å². The molecule has 1 saturated carbocycles. The number of amides is 1. The Morgan fingerprint density at radius 3 is 2.24 bits per heavy atom. The lowest BCUT2D eigenvalue weighted by Crippen LogP contribution is -2.42. The van der Waals surface area contributed by atoms with Gasteiger partial charge in [0.15, 0.2) is 0 Å². The van der Waals surface area contributed by atoms with Crippen LogP contribution in [0.4, 0.5) is 0 Å². The summed E-state index contributed by atoms with van der Waals surface area (Å²) in [6, 6.07) is 0. The lowest BCUT2D eigenvalue weighted by atomic mass is 9.79. The van der Waals surface area contributed by atoms with Crippen LogP contribution in [0, 0.1) is 17.8 Å². The highest BCUT2D eigenvalue weighted by molar-refractivity contribution is 5.80. The lowest BCUT2D eigenvalue weighted by Gasteiger charge is -2.33. The predicted octanol–water partition coefficient (Wildman–Crippen LogP) is 4.81. The van der Waals surface area contributed by atoms with Gasteiger partial charge in [-0.05, 0) is 38.0 Å². The van der Waals surface area contributed by atoms with Gasteiger partial charge in [-0.3, -0.25) is 9.59 Å². The fourth-order valence-electron chi connectivity index (χ4n) is 3.90. The second kappa shape index (κ2) is 12.3. The van der Waals surface area contributed by atoms with Gasteiger partial charge in [0.1, 0.15) is 0 Å². The molecule has 25 heavy (non-hydrogen) atoms. The Bertz CT molecular complexity index is 389. The normalized spacial score (nSPS) is 21.6. The Hall–Kier alpha value is -1.06. The highest BCUT2D eigenvalue weighted by Crippen LogP contribution is 2.33. The molecule has 1 aliphatic carbocycles. The molecule has 0 radical (unpaired) electrons. The maximum atomic E-state index is 13.0. The smallest absolute Gasteiger partial charge is 0.310 e. The van der Waals surface area contributed by atoms with E-state index in [1.54, 1.807) is 0 Å². The molecule has 1 amide bonds. The van der Waals surface area contributed by atoms with Gasteiger partial charge < -0.3 is 9.64 Å². The highest BCUT2D eigenvalue weighted by Gasteiger charge is 2.30. The molecule has 0 aromatic heterocycles. The van der Waals surface area contributed by atoms with Crippen LogP contribution in [0.25, 0.3) is 0 Å². The van der Waals surface area contributed by atoms with Crippen molar-refractivity contribution in [2.45, 2.75) is 85.0 Å². The summed E-state index contributed by atoms with van der Waals surface area (Å²) in [4.78, 5) is 26.7. The van der Waals surface area contributed by atoms with Crippen molar-refractivity contribution in [3.63, 3.8) is 0 Å². The van der Waals surface area contributed by atoms with E-state index in [2.05, 4.69) is 13.8 Å². The summed E-state index contributed by atoms with van der Waals surface area (Å²) in [5.74, 6) is 0.754. The van der Waals surface area contributed by atoms with Crippen molar-refractivity contribution in [2.75, 3.05) is 20.2 Å². The third-order valence-corrected chi connectivity index (χ3v) is 5.60. The molecule has 0 heterocycles. The van der Waals surface area contributed by atoms with Crippen LogP contribution < -0.4 is 0 Å². The average Bonchev–Trinajstić information content (AvgIpc) is 2.64. The third-order valence-electron chi connectivity index (χ3n) is 5.60. The first-order valence-corrected chi connectivity index (χ1v) is 10.4. The summed E-state index contributed by atoms with van der Waals surface area (Å²) in [6.45, 7) is 7.52. The van der Waals surface area contributed by atoms with Crippen LogP contribution in [-0.4, -0.2) is 37.0 Å². The standard InChI is InChI=1S/C21H39NO3/c1-5-7-9-15-22(16-17(3)21(24)25-4)20(23)19-13-11-18(12-14-19)10-8-6-2/h17-19H,5-16H2,1-4H3. The number of esters is 1. The maximum absolute atomic E-state index is 13.0. The number of rotatable bonds is 11. The zero-order valence-electron chi connectivity index (χ0n) is 16.9. The first-order valence-electron chi connectivity index (χ1n) is 10.4. The predicted molar refractivity (Wildman–Crippen MR) is 102 cm³/mol. The lowest BCUT2D eigenvalue weighted by molar-refractivity contribution is -0.147. The van der Waals surface area contributed by atoms with Crippen molar-refractivity contribution in [1.29, 1.82) is 0 Å². The van der Waals surface area contributed by atoms with Gasteiger partial charge >= 0.3 is 5.97 Å². The largest absolute Gasteiger partial charge is 0.469 e. The number of carbonyl (C=O) groups excluding carboxylic acids is 2. The number of carbonyl (C=O) groups is 2. The molecule has 4 nitrogen and oxygen atoms in total. The number of ether oxygens (including phenoxy) is 1. The van der Waals surface area contributed by atoms with E-state index in [-0.39, 0.29) is 23.7 Å². The van der Waals surface area contributed by atoms with E-state index in [4.69, 9.17) is 4.74 Å². The van der Waals surface area contributed by atoms with E-state index >= 15 is 0 Å². The Morgan fingerprint density at radius 2 is 1.68 bits per heavy atom. The zero-order valence-corrected chi connectivity index (χ0v) is 16.9. The van der Waals surface area contributed by atoms with Gasteiger partial charge in [-0.15, -0.1) is 0 Å². The molecular weight excluding hydrogens is 314 g/mol. The van der Waals surface area contributed by atoms with Crippen LogP contribution in [0.5, 0.6) is 0 Å². The van der Waals surface area contributed by atoms with E-state index in [1.807, 2.05) is 11.8 Å². The van der Waals surface area contributed by atoms with Crippen molar-refractivity contribution >= 4 is 11.9 Å². The van der Waals surface area contributed by atoms with E-state index in [9.17, 15) is 9.59 Å². The summed E-state index contributed by atoms with van der Waals surface area (Å²) in [6.07, 6.45) is 11.6. The summed E-state index contributed by atoms with van der Waals surface area (Å²) in [7, 11) is 1.42. The third kappa shape index (κ3) is 7.79. The summed E-state index contributed by atoms with van der Waals surface area (Å²) in [5, 5.41) is 0. The van der Waals surface area contributed by atoms with Gasteiger partial charge in [0, 0.05) is 19.0 Å². The van der Waals surface area contributed by atoms with Gasteiger partial charge in [0.05, 0.1) is 13.0 Å². The molecule has 1 unspecified atom stereocenters. The number of unbranched alkanes of at least 4 members (excludes halogenated alkanes) is 3. The summed E-state index contributed by atoms with van der Waals surface area (Å²) in [5.41, 5.74) is 0. The Labute approximate surface area is 154 Å². The molecule has 0 bridgehead atoms. The molecule has 0 saturated heterocycles. The Kier molecular flexibility index (Phi) is 10.8. The summed E-state index contributed by atoms with van der Waals surface area (Å²) >= 11 is 0. The molecule has 0 aliphatic heterocycles. The molecule has 1 atom stereocenters. The van der Waals surface area contributed by atoms with E-state index in [1.165, 1.54) is 39.2 Å². The SMILES string of the molecule is CCCCCN(CC(C)C(=O)OC)C(=O)C1CCC(CCCC)CC1. The summed E-state index contributed by atoms with van der Waals surface area (Å²) < 4.78 is 4.84. The average molecular weight is 354 g/mol. The molecule has 146 valence electrons. The molecular formula is C21H39NO3. The van der Waals surface area contributed by atoms with Crippen molar-refractivity contribution in [2.24, 2.45) is 17.8 Å². The molecule has 1 fully saturated rings. The number of hydrogen-bond acceptors (Lipinski definition) is 3. The fraction of sp³-hybridized carbons (Fsp3) is 0.905. The van der Waals surface area contributed by atoms with Crippen molar-refractivity contribution in [3.8, 4) is 0 Å². The van der Waals surface area contributed by atoms with Gasteiger partial charge in [-0.25, -0.2) is 0 Å². The monoisotopic (exact) mass is 353 g/mol. The van der Waals surface area contributed by atoms with Gasteiger partial charge in [-0.2, -0.15) is 0 Å². The first-order chi connectivity index (χ1) is 12.0. The molecule has 0 N–H and O–H groups in total. The van der Waals surface area contributed by atoms with Crippen LogP contribution in [0.15, 0.2) is 0 Å². The molecule has 0 aromatic carbocycles. The van der Waals surface area contributed by atoms with Crippen LogP contribution in [0.2, 0.25) is 0 Å². The zero-order chi connectivity index (χ0) is 18.7. The minimum Gasteiger partial charge on any atom is -0.469 e. The molecule has 0 aromatic rings. The van der Waals surface area contributed by atoms with E-state index in [0.29, 0.717) is 6.54 Å². The second-order valence-electron chi connectivity index (χ2n) is 7.78. The Balaban J connectivity index is 2.58.